The molecule has 8 heteroatoms. The summed E-state index contributed by atoms with van der Waals surface area (Å²) in [7, 11) is 0. The Morgan fingerprint density at radius 1 is 1.03 bits per heavy atom. The van der Waals surface area contributed by atoms with Crippen LogP contribution in [-0.4, -0.2) is 25.4 Å². The quantitative estimate of drug-likeness (QED) is 0.629. The van der Waals surface area contributed by atoms with Crippen molar-refractivity contribution in [2.75, 3.05) is 13.2 Å². The van der Waals surface area contributed by atoms with E-state index in [0.29, 0.717) is 18.7 Å². The van der Waals surface area contributed by atoms with E-state index in [1.54, 1.807) is 24.3 Å². The number of ether oxygens (including phenoxy) is 2. The first kappa shape index (κ1) is 22.5. The summed E-state index contributed by atoms with van der Waals surface area (Å²) in [5, 5.41) is 5.61. The number of nitrogens with one attached hydrogen (secondary N) is 2. The van der Waals surface area contributed by atoms with Gasteiger partial charge in [-0.05, 0) is 42.7 Å². The van der Waals surface area contributed by atoms with E-state index >= 15 is 0 Å². The van der Waals surface area contributed by atoms with Gasteiger partial charge in [0.2, 0.25) is 0 Å². The van der Waals surface area contributed by atoms with Gasteiger partial charge in [-0.1, -0.05) is 36.4 Å². The third-order valence-corrected chi connectivity index (χ3v) is 4.05. The molecule has 2 N–H and O–H groups in total. The number of carbonyl (C=O) groups is 1. The predicted octanol–water partition coefficient (Wildman–Crippen LogP) is 4.72. The molecule has 2 rings (SSSR count). The average molecular weight is 410 g/mol. The van der Waals surface area contributed by atoms with Crippen LogP contribution in [0.4, 0.5) is 18.0 Å². The van der Waals surface area contributed by atoms with E-state index in [4.69, 9.17) is 4.74 Å². The summed E-state index contributed by atoms with van der Waals surface area (Å²) in [6.07, 6.45) is -4.33. The van der Waals surface area contributed by atoms with Crippen molar-refractivity contribution in [2.45, 2.75) is 39.2 Å². The van der Waals surface area contributed by atoms with Crippen LogP contribution in [-0.2, 0) is 17.9 Å². The molecule has 0 bridgehead atoms. The first-order chi connectivity index (χ1) is 13.8. The third-order valence-electron chi connectivity index (χ3n) is 4.05. The molecule has 0 radical (unpaired) electrons. The van der Waals surface area contributed by atoms with Crippen molar-refractivity contribution in [3.8, 4) is 5.75 Å². The summed E-state index contributed by atoms with van der Waals surface area (Å²) < 4.78 is 46.2. The number of alkyl halides is 3. The topological polar surface area (TPSA) is 59.6 Å². The molecule has 29 heavy (non-hydrogen) atoms. The van der Waals surface area contributed by atoms with Gasteiger partial charge in [0.15, 0.2) is 0 Å². The monoisotopic (exact) mass is 410 g/mol. The molecule has 0 saturated heterocycles. The van der Waals surface area contributed by atoms with Crippen LogP contribution in [0.3, 0.4) is 0 Å². The van der Waals surface area contributed by atoms with Crippen LogP contribution >= 0.6 is 0 Å². The van der Waals surface area contributed by atoms with Gasteiger partial charge < -0.3 is 20.1 Å². The van der Waals surface area contributed by atoms with Crippen LogP contribution in [0.2, 0.25) is 0 Å². The Morgan fingerprint density at radius 3 is 2.24 bits per heavy atom. The summed E-state index contributed by atoms with van der Waals surface area (Å²) in [5.41, 5.74) is 2.41. The maximum Gasteiger partial charge on any atom is 0.411 e. The molecular formula is C21H25F3N2O3. The second kappa shape index (κ2) is 10.7. The van der Waals surface area contributed by atoms with Crippen molar-refractivity contribution >= 4 is 6.03 Å². The average Bonchev–Trinajstić information content (AvgIpc) is 2.67. The summed E-state index contributed by atoms with van der Waals surface area (Å²) in [6, 6.07) is 13.8. The summed E-state index contributed by atoms with van der Waals surface area (Å²) >= 11 is 0. The van der Waals surface area contributed by atoms with Crippen molar-refractivity contribution in [1.29, 1.82) is 0 Å². The van der Waals surface area contributed by atoms with Gasteiger partial charge in [-0.2, -0.15) is 13.2 Å². The zero-order chi connectivity index (χ0) is 21.3. The SMILES string of the molecule is CCOc1ccc(C(C)NC(=O)NCc2ccc(COCC(F)(F)F)cc2)cc1. The molecule has 2 aromatic rings. The minimum atomic E-state index is -4.33. The van der Waals surface area contributed by atoms with Gasteiger partial charge in [0.05, 0.1) is 19.3 Å². The van der Waals surface area contributed by atoms with Crippen LogP contribution in [0, 0.1) is 0 Å². The van der Waals surface area contributed by atoms with Crippen molar-refractivity contribution < 1.29 is 27.4 Å². The molecule has 0 saturated carbocycles. The molecule has 0 aliphatic rings. The van der Waals surface area contributed by atoms with Crippen LogP contribution in [0.5, 0.6) is 5.75 Å². The molecule has 0 heterocycles. The normalized spacial score (nSPS) is 12.3. The van der Waals surface area contributed by atoms with E-state index in [-0.39, 0.29) is 18.7 Å². The van der Waals surface area contributed by atoms with Gasteiger partial charge in [0.25, 0.3) is 0 Å². The van der Waals surface area contributed by atoms with Gasteiger partial charge in [0, 0.05) is 6.54 Å². The second-order valence-corrected chi connectivity index (χ2v) is 6.48. The van der Waals surface area contributed by atoms with E-state index in [0.717, 1.165) is 16.9 Å². The first-order valence-corrected chi connectivity index (χ1v) is 9.26. The molecule has 0 fully saturated rings. The van der Waals surface area contributed by atoms with E-state index in [1.165, 1.54) is 0 Å². The third kappa shape index (κ3) is 8.43. The summed E-state index contributed by atoms with van der Waals surface area (Å²) in [4.78, 5) is 12.1. The van der Waals surface area contributed by atoms with Gasteiger partial charge in [-0.25, -0.2) is 4.79 Å². The van der Waals surface area contributed by atoms with Crippen molar-refractivity contribution in [3.05, 3.63) is 65.2 Å². The van der Waals surface area contributed by atoms with E-state index in [2.05, 4.69) is 15.4 Å². The lowest BCUT2D eigenvalue weighted by Gasteiger charge is -2.16. The smallest absolute Gasteiger partial charge is 0.411 e. The number of rotatable bonds is 9. The Balaban J connectivity index is 1.75. The number of urea groups is 1. The Labute approximate surface area is 168 Å². The Kier molecular flexibility index (Phi) is 8.33. The first-order valence-electron chi connectivity index (χ1n) is 9.26. The molecule has 1 atom stereocenters. The van der Waals surface area contributed by atoms with Gasteiger partial charge >= 0.3 is 12.2 Å². The molecule has 5 nitrogen and oxygen atoms in total. The minimum Gasteiger partial charge on any atom is -0.494 e. The Morgan fingerprint density at radius 2 is 1.66 bits per heavy atom. The predicted molar refractivity (Wildman–Crippen MR) is 104 cm³/mol. The number of amides is 2. The van der Waals surface area contributed by atoms with E-state index in [1.807, 2.05) is 38.1 Å². The molecule has 0 aromatic heterocycles. The highest BCUT2D eigenvalue weighted by molar-refractivity contribution is 5.74. The molecule has 0 aliphatic carbocycles. The number of hydrogen-bond acceptors (Lipinski definition) is 3. The summed E-state index contributed by atoms with van der Waals surface area (Å²) in [6.45, 7) is 3.29. The van der Waals surface area contributed by atoms with Gasteiger partial charge in [-0.15, -0.1) is 0 Å². The fraction of sp³-hybridized carbons (Fsp3) is 0.381. The van der Waals surface area contributed by atoms with Crippen molar-refractivity contribution in [1.82, 2.24) is 10.6 Å². The molecule has 2 aromatic carbocycles. The molecule has 158 valence electrons. The lowest BCUT2D eigenvalue weighted by molar-refractivity contribution is -0.176. The molecule has 2 amide bonds. The number of hydrogen-bond donors (Lipinski definition) is 2. The maximum atomic E-state index is 12.1. The standard InChI is InChI=1S/C21H25F3N2O3/c1-3-29-19-10-8-18(9-11-19)15(2)26-20(27)25-12-16-4-6-17(7-5-16)13-28-14-21(22,23)24/h4-11,15H,3,12-14H2,1-2H3,(H2,25,26,27). The van der Waals surface area contributed by atoms with Crippen LogP contribution in [0.15, 0.2) is 48.5 Å². The van der Waals surface area contributed by atoms with Crippen LogP contribution < -0.4 is 15.4 Å². The number of carbonyl (C=O) groups excluding carboxylic acids is 1. The Bertz CT molecular complexity index is 762. The number of benzene rings is 2. The summed E-state index contributed by atoms with van der Waals surface area (Å²) in [5.74, 6) is 0.778. The van der Waals surface area contributed by atoms with Crippen LogP contribution in [0.25, 0.3) is 0 Å². The highest BCUT2D eigenvalue weighted by Crippen LogP contribution is 2.18. The zero-order valence-corrected chi connectivity index (χ0v) is 16.4. The number of halogens is 3. The lowest BCUT2D eigenvalue weighted by atomic mass is 10.1. The molecular weight excluding hydrogens is 385 g/mol. The van der Waals surface area contributed by atoms with Gasteiger partial charge in [0.1, 0.15) is 12.4 Å². The molecule has 0 spiro atoms. The lowest BCUT2D eigenvalue weighted by Crippen LogP contribution is -2.36. The van der Waals surface area contributed by atoms with Crippen LogP contribution in [0.1, 0.15) is 36.6 Å². The van der Waals surface area contributed by atoms with E-state index in [9.17, 15) is 18.0 Å². The highest BCUT2D eigenvalue weighted by atomic mass is 19.4. The molecule has 1 unspecified atom stereocenters. The second-order valence-electron chi connectivity index (χ2n) is 6.48. The zero-order valence-electron chi connectivity index (χ0n) is 16.4. The maximum absolute atomic E-state index is 12.1. The Hall–Kier alpha value is -2.74. The largest absolute Gasteiger partial charge is 0.494 e. The highest BCUT2D eigenvalue weighted by Gasteiger charge is 2.27. The van der Waals surface area contributed by atoms with Crippen molar-refractivity contribution in [2.24, 2.45) is 0 Å². The fourth-order valence-corrected chi connectivity index (χ4v) is 2.57. The minimum absolute atomic E-state index is 0.118. The molecule has 0 aliphatic heterocycles. The fourth-order valence-electron chi connectivity index (χ4n) is 2.57. The van der Waals surface area contributed by atoms with Gasteiger partial charge in [-0.3, -0.25) is 0 Å². The van der Waals surface area contributed by atoms with Crippen molar-refractivity contribution in [3.63, 3.8) is 0 Å². The van der Waals surface area contributed by atoms with E-state index < -0.39 is 12.8 Å².